The van der Waals surface area contributed by atoms with Gasteiger partial charge in [0.1, 0.15) is 16.5 Å². The van der Waals surface area contributed by atoms with Gasteiger partial charge in [-0.1, -0.05) is 134 Å². The summed E-state index contributed by atoms with van der Waals surface area (Å²) in [6.07, 6.45) is 0. The number of rotatable bonds is 8. The summed E-state index contributed by atoms with van der Waals surface area (Å²) in [6, 6.07) is 52.5. The quantitative estimate of drug-likeness (QED) is 0.0645. The zero-order valence-electron chi connectivity index (χ0n) is 34.7. The van der Waals surface area contributed by atoms with Gasteiger partial charge in [0.2, 0.25) is 0 Å². The van der Waals surface area contributed by atoms with E-state index < -0.39 is 32.5 Å². The van der Waals surface area contributed by atoms with E-state index in [2.05, 4.69) is 102 Å². The molecular formula is C49H51F3O7S3. The predicted molar refractivity (Wildman–Crippen MR) is 239 cm³/mol. The highest BCUT2D eigenvalue weighted by Gasteiger charge is 2.37. The van der Waals surface area contributed by atoms with Crippen LogP contribution in [0.4, 0.5) is 13.2 Å². The highest BCUT2D eigenvalue weighted by atomic mass is 32.2. The first-order valence-corrected chi connectivity index (χ1v) is 22.7. The van der Waals surface area contributed by atoms with Crippen molar-refractivity contribution >= 4 is 43.8 Å². The normalized spacial score (nSPS) is 12.5. The van der Waals surface area contributed by atoms with Crippen molar-refractivity contribution in [3.8, 4) is 0 Å². The number of ether oxygens (including phenoxy) is 1. The Bertz CT molecular complexity index is 2480. The lowest BCUT2D eigenvalue weighted by Gasteiger charge is -2.19. The van der Waals surface area contributed by atoms with Gasteiger partial charge in [0, 0.05) is 0 Å². The molecule has 0 aliphatic heterocycles. The molecule has 0 spiro atoms. The number of aromatic carboxylic acids is 1. The number of halogens is 3. The topological polar surface area (TPSA) is 124 Å². The van der Waals surface area contributed by atoms with E-state index in [1.165, 1.54) is 28.0 Å². The van der Waals surface area contributed by atoms with Crippen molar-refractivity contribution in [1.29, 1.82) is 0 Å². The maximum Gasteiger partial charge on any atom is 0.485 e. The number of methoxy groups -OCH3 is 1. The third-order valence-electron chi connectivity index (χ3n) is 8.99. The average Bonchev–Trinajstić information content (AvgIpc) is 3.21. The summed E-state index contributed by atoms with van der Waals surface area (Å²) in [7, 11) is -5.55. The van der Waals surface area contributed by atoms with Crippen LogP contribution in [0.5, 0.6) is 0 Å². The zero-order valence-corrected chi connectivity index (χ0v) is 37.2. The Hall–Kier alpha value is -5.34. The summed E-state index contributed by atoms with van der Waals surface area (Å²) in [4.78, 5) is 30.3. The van der Waals surface area contributed by atoms with Crippen LogP contribution in [0.2, 0.25) is 0 Å². The molecule has 0 amide bonds. The summed E-state index contributed by atoms with van der Waals surface area (Å²) in [6.45, 7) is 13.2. The highest BCUT2D eigenvalue weighted by Crippen LogP contribution is 2.36. The lowest BCUT2D eigenvalue weighted by molar-refractivity contribution is -0.255. The van der Waals surface area contributed by atoms with Crippen LogP contribution in [0, 0.1) is 0 Å². The van der Waals surface area contributed by atoms with Gasteiger partial charge in [0.15, 0.2) is 39.5 Å². The number of carbonyl (C=O) groups excluding carboxylic acids is 2. The molecule has 0 aliphatic carbocycles. The minimum absolute atomic E-state index is 0. The Morgan fingerprint density at radius 3 is 1.11 bits per heavy atom. The molecule has 0 aromatic heterocycles. The standard InChI is InChI=1S/C24H25O2S.C23H22O2S.CHF3O3S.CH4/c1-24(2,3)18-14-16-20(17-15-18)27(19-10-6-5-7-11-19)22-13-9-8-12-21(22)23(25)26-4;1-23(2,3)17-13-15-19(16-14-17)26(18-9-5-4-6-10-18)21-12-8-7-11-20(21)22(24)25;2-1(3,4)8(5,6)7;/h5-17H,1-4H3;4-16H,1-3H3;(H,5,6,7);1H4/q+1;;;/p-1. The molecule has 6 aromatic rings. The largest absolute Gasteiger partial charge is 0.741 e. The second kappa shape index (κ2) is 21.6. The minimum Gasteiger partial charge on any atom is -0.741 e. The van der Waals surface area contributed by atoms with Crippen LogP contribution in [0.25, 0.3) is 0 Å². The van der Waals surface area contributed by atoms with E-state index in [0.29, 0.717) is 5.56 Å². The first kappa shape index (κ1) is 51.0. The van der Waals surface area contributed by atoms with Gasteiger partial charge in [-0.25, -0.2) is 13.2 Å². The van der Waals surface area contributed by atoms with E-state index in [4.69, 9.17) is 17.7 Å². The van der Waals surface area contributed by atoms with Crippen molar-refractivity contribution in [3.63, 3.8) is 0 Å². The molecule has 0 fully saturated rings. The second-order valence-corrected chi connectivity index (χ2v) is 20.8. The number of hydrogen-bond acceptors (Lipinski definition) is 7. The van der Waals surface area contributed by atoms with Gasteiger partial charge < -0.3 is 19.2 Å². The van der Waals surface area contributed by atoms with Crippen LogP contribution < -0.4 is 5.11 Å². The first-order valence-electron chi connectivity index (χ1n) is 18.8. The second-order valence-electron chi connectivity index (χ2n) is 15.5. The molecule has 62 heavy (non-hydrogen) atoms. The molecule has 6 rings (SSSR count). The van der Waals surface area contributed by atoms with Crippen molar-refractivity contribution < 1.29 is 45.6 Å². The summed E-state index contributed by atoms with van der Waals surface area (Å²) >= 11 is 0. The van der Waals surface area contributed by atoms with E-state index in [1.807, 2.05) is 84.9 Å². The van der Waals surface area contributed by atoms with Crippen molar-refractivity contribution in [1.82, 2.24) is 0 Å². The Labute approximate surface area is 369 Å². The van der Waals surface area contributed by atoms with Gasteiger partial charge in [0.25, 0.3) is 0 Å². The summed E-state index contributed by atoms with van der Waals surface area (Å²) in [5.41, 5.74) is -2.05. The molecule has 328 valence electrons. The third-order valence-corrected chi connectivity index (χ3v) is 14.1. The molecule has 0 aliphatic rings. The van der Waals surface area contributed by atoms with Crippen LogP contribution in [-0.2, 0) is 47.5 Å². The molecule has 0 N–H and O–H groups in total. The Balaban J connectivity index is 0.000000278. The van der Waals surface area contributed by atoms with Gasteiger partial charge in [0.05, 0.1) is 29.5 Å². The van der Waals surface area contributed by atoms with Crippen LogP contribution >= 0.6 is 0 Å². The van der Waals surface area contributed by atoms with Crippen molar-refractivity contribution in [2.24, 2.45) is 0 Å². The molecule has 2 atom stereocenters. The fourth-order valence-corrected chi connectivity index (χ4v) is 10.2. The van der Waals surface area contributed by atoms with E-state index >= 15 is 0 Å². The van der Waals surface area contributed by atoms with Crippen molar-refractivity contribution in [3.05, 3.63) is 180 Å². The fourth-order valence-electron chi connectivity index (χ4n) is 5.81. The molecular weight excluding hydrogens is 854 g/mol. The van der Waals surface area contributed by atoms with E-state index in [9.17, 15) is 27.9 Å². The van der Waals surface area contributed by atoms with Crippen molar-refractivity contribution in [2.75, 3.05) is 7.11 Å². The predicted octanol–water partition coefficient (Wildman–Crippen LogP) is 11.0. The van der Waals surface area contributed by atoms with E-state index in [0.717, 1.165) is 19.6 Å². The van der Waals surface area contributed by atoms with Gasteiger partial charge in [-0.3, -0.25) is 0 Å². The minimum atomic E-state index is -6.09. The van der Waals surface area contributed by atoms with Crippen LogP contribution in [0.3, 0.4) is 0 Å². The van der Waals surface area contributed by atoms with Gasteiger partial charge in [-0.2, -0.15) is 13.2 Å². The Morgan fingerprint density at radius 2 is 0.806 bits per heavy atom. The molecule has 2 unspecified atom stereocenters. The molecule has 0 bridgehead atoms. The Kier molecular flexibility index (Phi) is 17.8. The fraction of sp³-hybridized carbons (Fsp3) is 0.224. The van der Waals surface area contributed by atoms with Crippen LogP contribution in [0.1, 0.15) is 80.8 Å². The monoisotopic (exact) mass is 904 g/mol. The van der Waals surface area contributed by atoms with Crippen molar-refractivity contribution in [2.45, 2.75) is 94.7 Å². The maximum absolute atomic E-state index is 12.4. The molecule has 13 heteroatoms. The number of benzene rings is 6. The lowest BCUT2D eigenvalue weighted by Crippen LogP contribution is -2.25. The van der Waals surface area contributed by atoms with Gasteiger partial charge in [-0.05, 0) is 94.8 Å². The molecule has 0 radical (unpaired) electrons. The summed E-state index contributed by atoms with van der Waals surface area (Å²) in [5.74, 6) is -1.44. The van der Waals surface area contributed by atoms with E-state index in [-0.39, 0.29) is 40.7 Å². The maximum atomic E-state index is 12.4. The molecule has 7 nitrogen and oxygen atoms in total. The van der Waals surface area contributed by atoms with Crippen LogP contribution in [-0.4, -0.2) is 37.5 Å². The smallest absolute Gasteiger partial charge is 0.485 e. The van der Waals surface area contributed by atoms with Gasteiger partial charge >= 0.3 is 11.5 Å². The van der Waals surface area contributed by atoms with Gasteiger partial charge in [-0.15, -0.1) is 0 Å². The highest BCUT2D eigenvalue weighted by molar-refractivity contribution is 7.97. The third kappa shape index (κ3) is 13.6. The first-order chi connectivity index (χ1) is 28.5. The molecule has 0 saturated carbocycles. The van der Waals surface area contributed by atoms with Crippen LogP contribution in [0.15, 0.2) is 187 Å². The Morgan fingerprint density at radius 1 is 0.516 bits per heavy atom. The number of alkyl halides is 3. The summed E-state index contributed by atoms with van der Waals surface area (Å²) < 4.78 is 63.9. The van der Waals surface area contributed by atoms with E-state index in [1.54, 1.807) is 12.1 Å². The average molecular weight is 905 g/mol. The number of carboxylic acid groups (broad SMARTS) is 1. The number of carboxylic acids is 1. The molecule has 6 aromatic carbocycles. The zero-order chi connectivity index (χ0) is 45.2. The number of carbonyl (C=O) groups is 2. The number of hydrogen-bond donors (Lipinski definition) is 0. The molecule has 0 heterocycles. The summed E-state index contributed by atoms with van der Waals surface area (Å²) in [5, 5.41) is 11.7. The number of esters is 1. The molecule has 0 saturated heterocycles. The lowest BCUT2D eigenvalue weighted by atomic mass is 9.87. The SMILES string of the molecule is C.CC(C)(C)c1ccc([S+](c2ccccc2)c2ccccc2C(=O)[O-])cc1.COC(=O)c1ccccc1[S+](c1ccccc1)c1ccc(C(C)(C)C)cc1.O=S(=O)([O-])C(F)(F)F.